The first kappa shape index (κ1) is 37.2. The van der Waals surface area contributed by atoms with E-state index in [4.69, 9.17) is 18.5 Å². The van der Waals surface area contributed by atoms with E-state index in [0.717, 1.165) is 107 Å². The predicted molar refractivity (Wildman–Crippen MR) is 230 cm³/mol. The van der Waals surface area contributed by atoms with Gasteiger partial charge in [0.1, 0.15) is 48.0 Å². The lowest BCUT2D eigenvalue weighted by Crippen LogP contribution is -2.40. The number of rotatable bonds is 11. The maximum atomic E-state index is 15.5. The summed E-state index contributed by atoms with van der Waals surface area (Å²) in [5.74, 6) is 1.92. The van der Waals surface area contributed by atoms with Crippen LogP contribution in [0.3, 0.4) is 0 Å². The molecule has 0 saturated heterocycles. The molecule has 4 aliphatic rings. The lowest BCUT2D eigenvalue weighted by molar-refractivity contribution is 0.0813. The molecule has 0 bridgehead atoms. The molecule has 10 rings (SSSR count). The van der Waals surface area contributed by atoms with Gasteiger partial charge in [0, 0.05) is 35.3 Å². The summed E-state index contributed by atoms with van der Waals surface area (Å²) in [6.45, 7) is 2.18. The number of fused-ring (bicyclic) bond motifs is 8. The third kappa shape index (κ3) is 6.48. The highest BCUT2D eigenvalue weighted by molar-refractivity contribution is 7.68. The maximum Gasteiger partial charge on any atom is 0.299 e. The topological polar surface area (TPSA) is 77.5 Å². The van der Waals surface area contributed by atoms with Gasteiger partial charge in [-0.25, -0.2) is 0 Å². The van der Waals surface area contributed by atoms with Gasteiger partial charge < -0.3 is 18.5 Å². The summed E-state index contributed by atoms with van der Waals surface area (Å²) in [5, 5.41) is 1.53. The van der Waals surface area contributed by atoms with Crippen LogP contribution in [-0.2, 0) is 9.13 Å². The number of hydrogen-bond acceptors (Lipinski definition) is 8. The largest absolute Gasteiger partial charge is 0.478 e. The third-order valence-electron chi connectivity index (χ3n) is 11.9. The van der Waals surface area contributed by atoms with E-state index < -0.39 is 26.3 Å². The van der Waals surface area contributed by atoms with E-state index in [1.165, 1.54) is 0 Å². The SMILES string of the molecule is O=P1(C2c3ccccc3OCN2CCCCCCCCN2COc3ccccc3C2P2(=O)Oc3ccccc3-c3ccccc32)Oc2ccccc2-c2ccccc21. The molecule has 58 heavy (non-hydrogen) atoms. The van der Waals surface area contributed by atoms with Crippen LogP contribution in [0.1, 0.15) is 61.2 Å². The van der Waals surface area contributed by atoms with Crippen molar-refractivity contribution in [2.75, 3.05) is 26.6 Å². The first-order valence-corrected chi connectivity index (χ1v) is 23.8. The lowest BCUT2D eigenvalue weighted by atomic mass is 10.0. The van der Waals surface area contributed by atoms with Gasteiger partial charge >= 0.3 is 0 Å². The van der Waals surface area contributed by atoms with Gasteiger partial charge in [0.15, 0.2) is 0 Å². The van der Waals surface area contributed by atoms with Crippen molar-refractivity contribution in [1.82, 2.24) is 9.80 Å². The second-order valence-electron chi connectivity index (χ2n) is 15.5. The molecule has 8 nitrogen and oxygen atoms in total. The Labute approximate surface area is 340 Å². The van der Waals surface area contributed by atoms with Crippen LogP contribution in [0, 0.1) is 0 Å². The third-order valence-corrected chi connectivity index (χ3v) is 17.5. The number of hydrogen-bond donors (Lipinski definition) is 0. The average molecular weight is 809 g/mol. The molecule has 4 atom stereocenters. The molecule has 294 valence electrons. The summed E-state index contributed by atoms with van der Waals surface area (Å²) in [5.41, 5.74) is 5.69. The Balaban J connectivity index is 0.799. The van der Waals surface area contributed by atoms with Gasteiger partial charge in [-0.1, -0.05) is 135 Å². The molecule has 0 aromatic heterocycles. The zero-order valence-electron chi connectivity index (χ0n) is 32.3. The van der Waals surface area contributed by atoms with Gasteiger partial charge in [-0.05, 0) is 60.4 Å². The monoisotopic (exact) mass is 808 g/mol. The first-order chi connectivity index (χ1) is 28.5. The summed E-state index contributed by atoms with van der Waals surface area (Å²) >= 11 is 0. The predicted octanol–water partition coefficient (Wildman–Crippen LogP) is 11.4. The minimum Gasteiger partial charge on any atom is -0.478 e. The fourth-order valence-electron chi connectivity index (χ4n) is 9.23. The van der Waals surface area contributed by atoms with E-state index in [9.17, 15) is 0 Å². The van der Waals surface area contributed by atoms with Crippen molar-refractivity contribution in [2.24, 2.45) is 0 Å². The number of para-hydroxylation sites is 4. The Morgan fingerprint density at radius 2 is 0.759 bits per heavy atom. The Bertz CT molecular complexity index is 2400. The highest BCUT2D eigenvalue weighted by Crippen LogP contribution is 2.67. The van der Waals surface area contributed by atoms with Gasteiger partial charge in [-0.2, -0.15) is 0 Å². The summed E-state index contributed by atoms with van der Waals surface area (Å²) < 4.78 is 56.6. The van der Waals surface area contributed by atoms with Crippen molar-refractivity contribution in [2.45, 2.75) is 50.1 Å². The van der Waals surface area contributed by atoms with Crippen molar-refractivity contribution < 1.29 is 27.7 Å². The minimum atomic E-state index is -3.46. The summed E-state index contributed by atoms with van der Waals surface area (Å²) in [7, 11) is -6.91. The molecule has 4 heterocycles. The molecule has 4 aliphatic heterocycles. The van der Waals surface area contributed by atoms with Crippen LogP contribution in [0.5, 0.6) is 23.0 Å². The molecule has 0 aliphatic carbocycles. The maximum absolute atomic E-state index is 15.5. The number of unbranched alkanes of at least 4 members (excludes halogenated alkanes) is 5. The molecule has 0 spiro atoms. The molecular weight excluding hydrogens is 762 g/mol. The summed E-state index contributed by atoms with van der Waals surface area (Å²) in [4.78, 5) is 4.43. The number of nitrogens with zero attached hydrogens (tertiary/aromatic N) is 2. The number of ether oxygens (including phenoxy) is 2. The zero-order valence-corrected chi connectivity index (χ0v) is 34.1. The fraction of sp³-hybridized carbons (Fsp3) is 0.250. The molecule has 4 unspecified atom stereocenters. The quantitative estimate of drug-likeness (QED) is 0.0946. The molecule has 0 radical (unpaired) electrons. The van der Waals surface area contributed by atoms with E-state index in [2.05, 4.69) is 21.9 Å². The first-order valence-electron chi connectivity index (χ1n) is 20.4. The van der Waals surface area contributed by atoms with Gasteiger partial charge in [-0.3, -0.25) is 18.9 Å². The summed E-state index contributed by atoms with van der Waals surface area (Å²) in [6, 6.07) is 47.7. The summed E-state index contributed by atoms with van der Waals surface area (Å²) in [6.07, 6.45) is 6.12. The molecule has 0 amide bonds. The minimum absolute atomic E-state index is 0.352. The van der Waals surface area contributed by atoms with Crippen LogP contribution in [-0.4, -0.2) is 36.4 Å². The molecule has 0 fully saturated rings. The van der Waals surface area contributed by atoms with Crippen LogP contribution >= 0.6 is 14.7 Å². The molecule has 6 aromatic rings. The van der Waals surface area contributed by atoms with Crippen molar-refractivity contribution in [3.63, 3.8) is 0 Å². The van der Waals surface area contributed by atoms with Crippen LogP contribution in [0.15, 0.2) is 146 Å². The van der Waals surface area contributed by atoms with Crippen molar-refractivity contribution in [1.29, 1.82) is 0 Å². The van der Waals surface area contributed by atoms with Gasteiger partial charge in [0.05, 0.1) is 10.6 Å². The number of benzene rings is 6. The normalized spacial score (nSPS) is 22.9. The molecule has 10 heteroatoms. The lowest BCUT2D eigenvalue weighted by Gasteiger charge is -2.42. The van der Waals surface area contributed by atoms with E-state index in [1.54, 1.807) is 0 Å². The molecular formula is C48H46N2O6P2. The molecule has 0 N–H and O–H groups in total. The smallest absolute Gasteiger partial charge is 0.299 e. The Hall–Kier alpha value is -5.10. The van der Waals surface area contributed by atoms with E-state index in [-0.39, 0.29) is 0 Å². The average Bonchev–Trinajstić information content (AvgIpc) is 3.27. The van der Waals surface area contributed by atoms with E-state index in [1.807, 2.05) is 133 Å². The standard InChI is InChI=1S/C48H46N2O6P2/c51-57(45-29-15-9-21-37(45)35-19-5-13-27-43(35)55-57)47-39-23-7-11-25-41(39)53-33-49(47)31-17-3-1-2-4-18-32-50-34-54-42-26-12-8-24-40(42)48(50)58(52)46-30-16-10-22-38(46)36-20-6-14-28-44(36)56-58/h5-16,19-30,47-48H,1-4,17-18,31-34H2. The Morgan fingerprint density at radius 1 is 0.414 bits per heavy atom. The van der Waals surface area contributed by atoms with Crippen LogP contribution < -0.4 is 29.1 Å². The van der Waals surface area contributed by atoms with Gasteiger partial charge in [0.25, 0.3) is 14.7 Å². The van der Waals surface area contributed by atoms with Crippen LogP contribution in [0.2, 0.25) is 0 Å². The molecule has 0 saturated carbocycles. The van der Waals surface area contributed by atoms with Crippen molar-refractivity contribution in [3.8, 4) is 45.3 Å². The molecule has 6 aromatic carbocycles. The van der Waals surface area contributed by atoms with Crippen LogP contribution in [0.4, 0.5) is 0 Å². The van der Waals surface area contributed by atoms with Crippen LogP contribution in [0.25, 0.3) is 22.3 Å². The van der Waals surface area contributed by atoms with Gasteiger partial charge in [0.2, 0.25) is 0 Å². The Morgan fingerprint density at radius 3 is 1.21 bits per heavy atom. The highest BCUT2D eigenvalue weighted by atomic mass is 31.2. The van der Waals surface area contributed by atoms with Gasteiger partial charge in [-0.15, -0.1) is 0 Å². The van der Waals surface area contributed by atoms with E-state index >= 15 is 9.13 Å². The highest BCUT2D eigenvalue weighted by Gasteiger charge is 2.50. The van der Waals surface area contributed by atoms with Crippen molar-refractivity contribution in [3.05, 3.63) is 157 Å². The van der Waals surface area contributed by atoms with Crippen molar-refractivity contribution >= 4 is 25.3 Å². The Kier molecular flexibility index (Phi) is 9.99. The second-order valence-corrected chi connectivity index (χ2v) is 20.2. The fourth-order valence-corrected chi connectivity index (χ4v) is 15.1. The van der Waals surface area contributed by atoms with E-state index in [0.29, 0.717) is 25.0 Å². The second kappa shape index (κ2) is 15.6. The zero-order chi connectivity index (χ0) is 39.1.